The molecule has 28 heavy (non-hydrogen) atoms. The van der Waals surface area contributed by atoms with E-state index < -0.39 is 0 Å². The first kappa shape index (κ1) is 19.4. The molecule has 1 aromatic heterocycles. The van der Waals surface area contributed by atoms with Crippen molar-refractivity contribution in [2.24, 2.45) is 12.0 Å². The normalized spacial score (nSPS) is 15.2. The van der Waals surface area contributed by atoms with Crippen LogP contribution in [0.1, 0.15) is 11.1 Å². The number of aromatic nitrogens is 1. The fourth-order valence-corrected chi connectivity index (χ4v) is 3.15. The quantitative estimate of drug-likeness (QED) is 0.630. The molecule has 7 heteroatoms. The molecule has 144 valence electrons. The number of ether oxygens (including phenoxy) is 1. The van der Waals surface area contributed by atoms with Crippen LogP contribution in [0.15, 0.2) is 47.6 Å². The molecule has 3 rings (SSSR count). The minimum Gasteiger partial charge on any atom is -0.495 e. The number of piperazine rings is 1. The molecule has 0 saturated carbocycles. The zero-order valence-electron chi connectivity index (χ0n) is 16.1. The third-order valence-electron chi connectivity index (χ3n) is 4.65. The van der Waals surface area contributed by atoms with E-state index in [9.17, 15) is 10.1 Å². The highest BCUT2D eigenvalue weighted by Gasteiger charge is 2.11. The number of hydrogen-bond acceptors (Lipinski definition) is 6. The summed E-state index contributed by atoms with van der Waals surface area (Å²) in [5.41, 5.74) is 3.40. The van der Waals surface area contributed by atoms with E-state index in [0.717, 1.165) is 31.9 Å². The molecule has 1 N–H and O–H groups in total. The number of aryl methyl sites for hydroxylation is 1. The summed E-state index contributed by atoms with van der Waals surface area (Å²) in [5.74, 6) is 0.489. The van der Waals surface area contributed by atoms with Gasteiger partial charge >= 0.3 is 0 Å². The lowest BCUT2D eigenvalue weighted by Crippen LogP contribution is -2.43. The van der Waals surface area contributed by atoms with Crippen molar-refractivity contribution in [1.82, 2.24) is 9.88 Å². The first-order chi connectivity index (χ1) is 13.7. The van der Waals surface area contributed by atoms with Crippen molar-refractivity contribution >= 4 is 17.7 Å². The van der Waals surface area contributed by atoms with Gasteiger partial charge in [-0.25, -0.2) is 4.99 Å². The van der Waals surface area contributed by atoms with Crippen LogP contribution in [0.2, 0.25) is 0 Å². The lowest BCUT2D eigenvalue weighted by molar-refractivity contribution is -0.104. The summed E-state index contributed by atoms with van der Waals surface area (Å²) >= 11 is 0. The van der Waals surface area contributed by atoms with Gasteiger partial charge in [0, 0.05) is 51.1 Å². The van der Waals surface area contributed by atoms with Crippen molar-refractivity contribution in [3.63, 3.8) is 0 Å². The maximum Gasteiger partial charge on any atom is 0.145 e. The maximum absolute atomic E-state index is 11.2. The van der Waals surface area contributed by atoms with Crippen LogP contribution in [0.3, 0.4) is 0 Å². The summed E-state index contributed by atoms with van der Waals surface area (Å²) in [5, 5.41) is 12.7. The van der Waals surface area contributed by atoms with Crippen LogP contribution < -0.4 is 20.4 Å². The molecule has 1 saturated heterocycles. The van der Waals surface area contributed by atoms with Gasteiger partial charge < -0.3 is 19.5 Å². The number of aldehydes is 1. The Bertz CT molecular complexity index is 995. The molecule has 2 heterocycles. The van der Waals surface area contributed by atoms with Crippen LogP contribution in [0.5, 0.6) is 5.75 Å². The fourth-order valence-electron chi connectivity index (χ4n) is 3.15. The number of pyridine rings is 1. The Morgan fingerprint density at radius 1 is 1.29 bits per heavy atom. The van der Waals surface area contributed by atoms with E-state index in [4.69, 9.17) is 4.74 Å². The largest absolute Gasteiger partial charge is 0.495 e. The number of hydrogen-bond donors (Lipinski definition) is 1. The van der Waals surface area contributed by atoms with E-state index >= 15 is 0 Å². The predicted octanol–water partition coefficient (Wildman–Crippen LogP) is 1.46. The number of methoxy groups -OCH3 is 1. The summed E-state index contributed by atoms with van der Waals surface area (Å²) in [7, 11) is 3.44. The second-order valence-electron chi connectivity index (χ2n) is 6.42. The molecule has 0 unspecified atom stereocenters. The Morgan fingerprint density at radius 3 is 2.71 bits per heavy atom. The van der Waals surface area contributed by atoms with Crippen LogP contribution in [0.25, 0.3) is 5.70 Å². The summed E-state index contributed by atoms with van der Waals surface area (Å²) in [6.07, 6.45) is 4.13. The molecule has 7 nitrogen and oxygen atoms in total. The summed E-state index contributed by atoms with van der Waals surface area (Å²) in [4.78, 5) is 18.1. The highest BCUT2D eigenvalue weighted by molar-refractivity contribution is 5.81. The second-order valence-corrected chi connectivity index (χ2v) is 6.42. The van der Waals surface area contributed by atoms with Gasteiger partial charge in [0.25, 0.3) is 0 Å². The number of anilines is 1. The molecule has 1 aliphatic rings. The van der Waals surface area contributed by atoms with E-state index in [-0.39, 0.29) is 0 Å². The van der Waals surface area contributed by atoms with Gasteiger partial charge in [-0.15, -0.1) is 0 Å². The maximum atomic E-state index is 11.2. The Labute approximate surface area is 164 Å². The number of nitrogens with one attached hydrogen (secondary N) is 1. The van der Waals surface area contributed by atoms with E-state index in [1.54, 1.807) is 18.2 Å². The first-order valence-corrected chi connectivity index (χ1v) is 9.07. The number of rotatable bonds is 5. The zero-order chi connectivity index (χ0) is 19.9. The molecule has 0 radical (unpaired) electrons. The lowest BCUT2D eigenvalue weighted by Gasteiger charge is -2.29. The minimum atomic E-state index is 0.394. The highest BCUT2D eigenvalue weighted by Crippen LogP contribution is 2.23. The monoisotopic (exact) mass is 377 g/mol. The second kappa shape index (κ2) is 9.02. The molecule has 0 aliphatic carbocycles. The number of nitrogens with zero attached hydrogens (tertiary/aromatic N) is 4. The van der Waals surface area contributed by atoms with Gasteiger partial charge in [-0.3, -0.25) is 4.79 Å². The molecule has 0 atom stereocenters. The number of benzene rings is 1. The van der Waals surface area contributed by atoms with Gasteiger partial charge in [0.05, 0.1) is 24.1 Å². The van der Waals surface area contributed by atoms with E-state index in [0.29, 0.717) is 34.3 Å². The van der Waals surface area contributed by atoms with Gasteiger partial charge in [0.1, 0.15) is 23.6 Å². The summed E-state index contributed by atoms with van der Waals surface area (Å²) < 4.78 is 7.12. The Morgan fingerprint density at radius 2 is 2.07 bits per heavy atom. The average Bonchev–Trinajstić information content (AvgIpc) is 2.74. The van der Waals surface area contributed by atoms with Crippen LogP contribution in [-0.2, 0) is 11.8 Å². The molecule has 1 fully saturated rings. The Hall–Kier alpha value is -3.37. The molecule has 0 spiro atoms. The predicted molar refractivity (Wildman–Crippen MR) is 108 cm³/mol. The van der Waals surface area contributed by atoms with Crippen molar-refractivity contribution in [3.05, 3.63) is 59.2 Å². The molecule has 2 aromatic rings. The Kier molecular flexibility index (Phi) is 6.25. The van der Waals surface area contributed by atoms with E-state index in [1.807, 2.05) is 29.9 Å². The van der Waals surface area contributed by atoms with Crippen LogP contribution in [0, 0.1) is 11.3 Å². The SMILES string of the molecule is COc1ccc(C(=C/C=O)/N=c2/ccc(N3CCNCC3)cn2C)cc1C#N. The van der Waals surface area contributed by atoms with Crippen molar-refractivity contribution in [1.29, 1.82) is 5.26 Å². The average molecular weight is 377 g/mol. The van der Waals surface area contributed by atoms with E-state index in [1.165, 1.54) is 13.2 Å². The summed E-state index contributed by atoms with van der Waals surface area (Å²) in [6, 6.07) is 11.2. The minimum absolute atomic E-state index is 0.394. The smallest absolute Gasteiger partial charge is 0.145 e. The number of nitriles is 1. The molecule has 1 aliphatic heterocycles. The lowest BCUT2D eigenvalue weighted by atomic mass is 10.1. The topological polar surface area (TPSA) is 82.7 Å². The molecule has 0 bridgehead atoms. The van der Waals surface area contributed by atoms with E-state index in [2.05, 4.69) is 21.3 Å². The van der Waals surface area contributed by atoms with Crippen LogP contribution >= 0.6 is 0 Å². The standard InChI is InChI=1S/C21H23N5O2/c1-25-15-18(26-10-8-23-9-11-26)4-6-21(25)24-19(7-12-27)16-3-5-20(28-2)17(13-16)14-22/h3-7,12-13,15,23H,8-11H2,1-2H3/b19-7-,24-21-. The fraction of sp³-hybridized carbons (Fsp3) is 0.286. The zero-order valence-corrected chi connectivity index (χ0v) is 16.1. The number of carbonyl (C=O) groups excluding carboxylic acids is 1. The van der Waals surface area contributed by atoms with Crippen LogP contribution in [0.4, 0.5) is 5.69 Å². The number of allylic oxidation sites excluding steroid dienone is 1. The van der Waals surface area contributed by atoms with Crippen LogP contribution in [-0.4, -0.2) is 44.1 Å². The van der Waals surface area contributed by atoms with Gasteiger partial charge in [-0.05, 0) is 30.3 Å². The highest BCUT2D eigenvalue weighted by atomic mass is 16.5. The molecular weight excluding hydrogens is 354 g/mol. The van der Waals surface area contributed by atoms with Crippen molar-refractivity contribution < 1.29 is 9.53 Å². The molecule has 1 aromatic carbocycles. The summed E-state index contributed by atoms with van der Waals surface area (Å²) in [6.45, 7) is 3.88. The van der Waals surface area contributed by atoms with Gasteiger partial charge in [0.2, 0.25) is 0 Å². The van der Waals surface area contributed by atoms with Crippen molar-refractivity contribution in [2.45, 2.75) is 0 Å². The molecule has 0 amide bonds. The molecular formula is C21H23N5O2. The first-order valence-electron chi connectivity index (χ1n) is 9.07. The third kappa shape index (κ3) is 4.30. The van der Waals surface area contributed by atoms with Gasteiger partial charge in [-0.2, -0.15) is 5.26 Å². The number of carbonyl (C=O) groups is 1. The third-order valence-corrected chi connectivity index (χ3v) is 4.65. The van der Waals surface area contributed by atoms with Gasteiger partial charge in [-0.1, -0.05) is 0 Å². The Balaban J connectivity index is 1.98. The van der Waals surface area contributed by atoms with Crippen molar-refractivity contribution in [2.75, 3.05) is 38.2 Å². The van der Waals surface area contributed by atoms with Gasteiger partial charge in [0.15, 0.2) is 0 Å². The van der Waals surface area contributed by atoms with Crippen molar-refractivity contribution in [3.8, 4) is 11.8 Å².